The van der Waals surface area contributed by atoms with Gasteiger partial charge in [0.15, 0.2) is 11.5 Å². The first-order chi connectivity index (χ1) is 16.5. The van der Waals surface area contributed by atoms with E-state index >= 15 is 0 Å². The second-order valence-electron chi connectivity index (χ2n) is 7.49. The van der Waals surface area contributed by atoms with Crippen LogP contribution in [0.5, 0.6) is 0 Å². The van der Waals surface area contributed by atoms with Crippen molar-refractivity contribution >= 4 is 28.5 Å². The predicted octanol–water partition coefficient (Wildman–Crippen LogP) is 2.47. The quantitative estimate of drug-likeness (QED) is 0.399. The van der Waals surface area contributed by atoms with Crippen LogP contribution in [0.3, 0.4) is 0 Å². The summed E-state index contributed by atoms with van der Waals surface area (Å²) in [5.41, 5.74) is 7.28. The smallest absolute Gasteiger partial charge is 0.270 e. The first kappa shape index (κ1) is 21.0. The highest BCUT2D eigenvalue weighted by atomic mass is 16.3. The molecule has 10 nitrogen and oxygen atoms in total. The van der Waals surface area contributed by atoms with Crippen molar-refractivity contribution < 1.29 is 9.21 Å². The molecule has 3 N–H and O–H groups in total. The number of furan rings is 1. The molecule has 0 radical (unpaired) electrons. The molecule has 1 atom stereocenters. The first-order valence-electron chi connectivity index (χ1n) is 10.4. The van der Waals surface area contributed by atoms with E-state index < -0.39 is 11.9 Å². The van der Waals surface area contributed by atoms with Crippen molar-refractivity contribution in [1.82, 2.24) is 29.5 Å². The minimum Gasteiger partial charge on any atom is -0.445 e. The molecule has 0 aliphatic carbocycles. The number of amides is 1. The van der Waals surface area contributed by atoms with Crippen molar-refractivity contribution in [3.63, 3.8) is 0 Å². The van der Waals surface area contributed by atoms with Gasteiger partial charge in [-0.3, -0.25) is 14.2 Å². The number of nitrogen functional groups attached to an aromatic ring is 1. The average molecular weight is 453 g/mol. The third-order valence-corrected chi connectivity index (χ3v) is 5.29. The van der Waals surface area contributed by atoms with Gasteiger partial charge in [0, 0.05) is 12.4 Å². The van der Waals surface area contributed by atoms with E-state index in [1.807, 2.05) is 18.2 Å². The van der Waals surface area contributed by atoms with Crippen molar-refractivity contribution in [3.8, 4) is 17.5 Å². The summed E-state index contributed by atoms with van der Waals surface area (Å²) >= 11 is 0. The van der Waals surface area contributed by atoms with Gasteiger partial charge in [0.05, 0.1) is 17.3 Å². The number of hydrogen-bond acceptors (Lipinski definition) is 7. The van der Waals surface area contributed by atoms with E-state index in [4.69, 9.17) is 10.2 Å². The Kier molecular flexibility index (Phi) is 5.07. The van der Waals surface area contributed by atoms with Crippen LogP contribution < -0.4 is 16.6 Å². The second-order valence-corrected chi connectivity index (χ2v) is 7.49. The van der Waals surface area contributed by atoms with Crippen LogP contribution in [0.25, 0.3) is 22.4 Å². The van der Waals surface area contributed by atoms with Gasteiger partial charge < -0.3 is 15.5 Å². The van der Waals surface area contributed by atoms with Gasteiger partial charge in [-0.05, 0) is 32.0 Å². The summed E-state index contributed by atoms with van der Waals surface area (Å²) in [5, 5.41) is 7.26. The molecule has 1 amide bonds. The fraction of sp³-hybridized carbons (Fsp3) is 0.125. The zero-order chi connectivity index (χ0) is 23.8. The summed E-state index contributed by atoms with van der Waals surface area (Å²) in [6, 6.07) is 10.0. The zero-order valence-corrected chi connectivity index (χ0v) is 18.3. The molecule has 5 rings (SSSR count). The highest BCUT2D eigenvalue weighted by Crippen LogP contribution is 2.22. The number of nitrogens with two attached hydrogens (primary N) is 1. The van der Waals surface area contributed by atoms with Crippen molar-refractivity contribution in [1.29, 1.82) is 0 Å². The normalized spacial score (nSPS) is 11.8. The van der Waals surface area contributed by atoms with Crippen LogP contribution in [0.2, 0.25) is 0 Å². The average Bonchev–Trinajstić information content (AvgIpc) is 3.39. The van der Waals surface area contributed by atoms with E-state index in [1.54, 1.807) is 44.4 Å². The molecule has 168 valence electrons. The maximum absolute atomic E-state index is 13.6. The third kappa shape index (κ3) is 3.36. The van der Waals surface area contributed by atoms with E-state index in [0.29, 0.717) is 16.9 Å². The number of fused-ring (bicyclic) bond motifs is 2. The van der Waals surface area contributed by atoms with Gasteiger partial charge >= 0.3 is 0 Å². The SMILES string of the molecule is CC#Cc1coc2nc(C(C)NC(=O)c3c(N)nn4cccnc34)n(-c3ccccc3)c(=O)c12. The number of carbonyl (C=O) groups is 1. The highest BCUT2D eigenvalue weighted by Gasteiger charge is 2.25. The summed E-state index contributed by atoms with van der Waals surface area (Å²) in [6.07, 6.45) is 4.60. The largest absolute Gasteiger partial charge is 0.445 e. The van der Waals surface area contributed by atoms with Crippen LogP contribution in [0.4, 0.5) is 5.82 Å². The molecule has 0 fully saturated rings. The van der Waals surface area contributed by atoms with Crippen LogP contribution >= 0.6 is 0 Å². The van der Waals surface area contributed by atoms with Crippen LogP contribution in [0.1, 0.15) is 41.6 Å². The molecule has 1 unspecified atom stereocenters. The highest BCUT2D eigenvalue weighted by molar-refractivity contribution is 6.04. The van der Waals surface area contributed by atoms with E-state index in [2.05, 4.69) is 32.2 Å². The molecule has 4 aromatic heterocycles. The molecule has 34 heavy (non-hydrogen) atoms. The van der Waals surface area contributed by atoms with E-state index in [-0.39, 0.29) is 33.9 Å². The van der Waals surface area contributed by atoms with Crippen LogP contribution in [-0.2, 0) is 0 Å². The number of nitrogens with one attached hydrogen (secondary N) is 1. The minimum atomic E-state index is -0.700. The molecular weight excluding hydrogens is 434 g/mol. The Labute approximate surface area is 193 Å². The maximum atomic E-state index is 13.6. The van der Waals surface area contributed by atoms with Crippen molar-refractivity contribution in [2.24, 2.45) is 0 Å². The van der Waals surface area contributed by atoms with Gasteiger partial charge in [-0.15, -0.1) is 11.0 Å². The van der Waals surface area contributed by atoms with Gasteiger partial charge in [-0.1, -0.05) is 24.1 Å². The molecule has 0 bridgehead atoms. The molecule has 0 aliphatic rings. The lowest BCUT2D eigenvalue weighted by Gasteiger charge is -2.18. The van der Waals surface area contributed by atoms with Crippen LogP contribution in [0, 0.1) is 11.8 Å². The molecule has 0 spiro atoms. The summed E-state index contributed by atoms with van der Waals surface area (Å²) in [7, 11) is 0. The van der Waals surface area contributed by atoms with Gasteiger partial charge in [-0.25, -0.2) is 9.50 Å². The van der Waals surface area contributed by atoms with Crippen molar-refractivity contribution in [2.75, 3.05) is 5.73 Å². The van der Waals surface area contributed by atoms with Gasteiger partial charge in [0.2, 0.25) is 5.71 Å². The summed E-state index contributed by atoms with van der Waals surface area (Å²) in [5.74, 6) is 5.48. The number of para-hydroxylation sites is 1. The fourth-order valence-electron chi connectivity index (χ4n) is 3.81. The molecular formula is C24H19N7O3. The lowest BCUT2D eigenvalue weighted by Crippen LogP contribution is -2.33. The molecule has 1 aromatic carbocycles. The Hall–Kier alpha value is -4.91. The van der Waals surface area contributed by atoms with E-state index in [1.165, 1.54) is 15.3 Å². The zero-order valence-electron chi connectivity index (χ0n) is 18.3. The predicted molar refractivity (Wildman–Crippen MR) is 125 cm³/mol. The Balaban J connectivity index is 1.64. The molecule has 4 heterocycles. The summed E-state index contributed by atoms with van der Waals surface area (Å²) < 4.78 is 8.41. The molecule has 10 heteroatoms. The lowest BCUT2D eigenvalue weighted by molar-refractivity contribution is 0.0940. The molecule has 0 saturated heterocycles. The van der Waals surface area contributed by atoms with Crippen LogP contribution in [0.15, 0.2) is 64.3 Å². The fourth-order valence-corrected chi connectivity index (χ4v) is 3.81. The van der Waals surface area contributed by atoms with Crippen LogP contribution in [-0.4, -0.2) is 30.1 Å². The Morgan fingerprint density at radius 2 is 2.03 bits per heavy atom. The number of carbonyl (C=O) groups excluding carboxylic acids is 1. The topological polar surface area (TPSA) is 133 Å². The number of rotatable bonds is 4. The number of aromatic nitrogens is 5. The molecule has 5 aromatic rings. The van der Waals surface area contributed by atoms with E-state index in [0.717, 1.165) is 0 Å². The second kappa shape index (κ2) is 8.22. The third-order valence-electron chi connectivity index (χ3n) is 5.29. The Morgan fingerprint density at radius 1 is 1.24 bits per heavy atom. The molecule has 0 aliphatic heterocycles. The number of benzene rings is 1. The van der Waals surface area contributed by atoms with E-state index in [9.17, 15) is 9.59 Å². The first-order valence-corrected chi connectivity index (χ1v) is 10.4. The monoisotopic (exact) mass is 453 g/mol. The maximum Gasteiger partial charge on any atom is 0.270 e. The standard InChI is InChI=1S/C24H19N7O3/c1-3-8-15-13-34-23-17(15)24(33)31(16-9-5-4-6-10-16)20(28-23)14(2)27-22(32)18-19(25)29-30-12-7-11-26-21(18)30/h4-7,9-14H,1-2H3,(H2,25,29)(H,27,32). The lowest BCUT2D eigenvalue weighted by atomic mass is 10.2. The Morgan fingerprint density at radius 3 is 2.79 bits per heavy atom. The minimum absolute atomic E-state index is 0.0427. The summed E-state index contributed by atoms with van der Waals surface area (Å²) in [6.45, 7) is 3.39. The van der Waals surface area contributed by atoms with Gasteiger partial charge in [-0.2, -0.15) is 4.98 Å². The van der Waals surface area contributed by atoms with Gasteiger partial charge in [0.25, 0.3) is 11.5 Å². The van der Waals surface area contributed by atoms with Gasteiger partial charge in [0.1, 0.15) is 23.0 Å². The Bertz CT molecular complexity index is 1670. The van der Waals surface area contributed by atoms with Crippen molar-refractivity contribution in [2.45, 2.75) is 19.9 Å². The summed E-state index contributed by atoms with van der Waals surface area (Å²) in [4.78, 5) is 35.5. The number of anilines is 1. The van der Waals surface area contributed by atoms with Crippen molar-refractivity contribution in [3.05, 3.63) is 82.4 Å². The number of hydrogen-bond donors (Lipinski definition) is 2. The molecule has 0 saturated carbocycles. The number of nitrogens with zero attached hydrogens (tertiary/aromatic N) is 5.